The van der Waals surface area contributed by atoms with Gasteiger partial charge in [-0.15, -0.1) is 0 Å². The minimum atomic E-state index is -0.199. The van der Waals surface area contributed by atoms with Crippen LogP contribution in [0.3, 0.4) is 0 Å². The Morgan fingerprint density at radius 2 is 1.62 bits per heavy atom. The van der Waals surface area contributed by atoms with Gasteiger partial charge in [0, 0.05) is 11.3 Å². The molecule has 0 saturated heterocycles. The first-order chi connectivity index (χ1) is 12.7. The van der Waals surface area contributed by atoms with Crippen molar-refractivity contribution in [3.63, 3.8) is 0 Å². The Bertz CT molecular complexity index is 698. The molecule has 0 aliphatic rings. The molecular formula is C21H27NO4. The molecule has 1 N–H and O–H groups in total. The predicted molar refractivity (Wildman–Crippen MR) is 104 cm³/mol. The molecule has 2 rings (SSSR count). The molecule has 0 heterocycles. The van der Waals surface area contributed by atoms with E-state index in [0.29, 0.717) is 42.6 Å². The number of anilines is 1. The lowest BCUT2D eigenvalue weighted by atomic mass is 10.1. The fourth-order valence-electron chi connectivity index (χ4n) is 2.37. The van der Waals surface area contributed by atoms with Crippen LogP contribution in [0.15, 0.2) is 42.5 Å². The summed E-state index contributed by atoms with van der Waals surface area (Å²) in [4.78, 5) is 12.5. The summed E-state index contributed by atoms with van der Waals surface area (Å²) in [6.45, 7) is 7.70. The van der Waals surface area contributed by atoms with Gasteiger partial charge in [-0.3, -0.25) is 4.79 Å². The van der Waals surface area contributed by atoms with E-state index in [1.807, 2.05) is 38.1 Å². The minimum Gasteiger partial charge on any atom is -0.494 e. The fourth-order valence-corrected chi connectivity index (χ4v) is 2.37. The highest BCUT2D eigenvalue weighted by Gasteiger charge is 2.12. The van der Waals surface area contributed by atoms with E-state index in [2.05, 4.69) is 12.2 Å². The maximum Gasteiger partial charge on any atom is 0.255 e. The summed E-state index contributed by atoms with van der Waals surface area (Å²) in [5, 5.41) is 2.88. The summed E-state index contributed by atoms with van der Waals surface area (Å²) in [7, 11) is 0. The Balaban J connectivity index is 2.08. The molecule has 0 aromatic heterocycles. The van der Waals surface area contributed by atoms with Crippen molar-refractivity contribution < 1.29 is 19.0 Å². The van der Waals surface area contributed by atoms with E-state index in [4.69, 9.17) is 14.2 Å². The minimum absolute atomic E-state index is 0.199. The van der Waals surface area contributed by atoms with Crippen LogP contribution in [0, 0.1) is 0 Å². The van der Waals surface area contributed by atoms with E-state index in [-0.39, 0.29) is 5.91 Å². The number of ether oxygens (including phenoxy) is 3. The quantitative estimate of drug-likeness (QED) is 0.614. The van der Waals surface area contributed by atoms with E-state index >= 15 is 0 Å². The number of amides is 1. The molecule has 0 saturated carbocycles. The number of rotatable bonds is 10. The van der Waals surface area contributed by atoms with Gasteiger partial charge >= 0.3 is 0 Å². The third kappa shape index (κ3) is 5.69. The second-order valence-corrected chi connectivity index (χ2v) is 5.71. The average Bonchev–Trinajstić information content (AvgIpc) is 2.65. The molecule has 0 aliphatic heterocycles. The number of nitrogens with one attached hydrogen (secondary N) is 1. The van der Waals surface area contributed by atoms with Gasteiger partial charge in [0.05, 0.1) is 19.8 Å². The van der Waals surface area contributed by atoms with E-state index in [9.17, 15) is 4.79 Å². The summed E-state index contributed by atoms with van der Waals surface area (Å²) in [6.07, 6.45) is 2.04. The first kappa shape index (κ1) is 19.6. The molecule has 0 fully saturated rings. The molecule has 26 heavy (non-hydrogen) atoms. The zero-order valence-electron chi connectivity index (χ0n) is 15.7. The Hall–Kier alpha value is -2.69. The number of benzene rings is 2. The molecular weight excluding hydrogens is 330 g/mol. The van der Waals surface area contributed by atoms with Crippen molar-refractivity contribution >= 4 is 11.6 Å². The van der Waals surface area contributed by atoms with Crippen LogP contribution in [0.2, 0.25) is 0 Å². The predicted octanol–water partition coefficient (Wildman–Crippen LogP) is 4.92. The van der Waals surface area contributed by atoms with Gasteiger partial charge in [-0.1, -0.05) is 13.3 Å². The normalized spacial score (nSPS) is 10.3. The SMILES string of the molecule is CCCCOc1ccc(C(=O)Nc2ccc(OCC)cc2)cc1OCC. The monoisotopic (exact) mass is 357 g/mol. The molecule has 0 atom stereocenters. The van der Waals surface area contributed by atoms with Crippen molar-refractivity contribution in [1.29, 1.82) is 0 Å². The summed E-state index contributed by atoms with van der Waals surface area (Å²) < 4.78 is 16.8. The Kier molecular flexibility index (Phi) is 7.80. The van der Waals surface area contributed by atoms with Crippen molar-refractivity contribution in [3.05, 3.63) is 48.0 Å². The molecule has 0 unspecified atom stereocenters. The van der Waals surface area contributed by atoms with Gasteiger partial charge in [0.15, 0.2) is 11.5 Å². The lowest BCUT2D eigenvalue weighted by Gasteiger charge is -2.13. The lowest BCUT2D eigenvalue weighted by molar-refractivity contribution is 0.102. The largest absolute Gasteiger partial charge is 0.494 e. The van der Waals surface area contributed by atoms with Crippen LogP contribution in [0.1, 0.15) is 44.0 Å². The second-order valence-electron chi connectivity index (χ2n) is 5.71. The zero-order chi connectivity index (χ0) is 18.8. The van der Waals surface area contributed by atoms with Crippen LogP contribution in [0.25, 0.3) is 0 Å². The van der Waals surface area contributed by atoms with E-state index < -0.39 is 0 Å². The van der Waals surface area contributed by atoms with E-state index in [1.165, 1.54) is 0 Å². The van der Waals surface area contributed by atoms with Crippen LogP contribution in [0.5, 0.6) is 17.2 Å². The summed E-state index contributed by atoms with van der Waals surface area (Å²) >= 11 is 0. The van der Waals surface area contributed by atoms with Gasteiger partial charge in [0.25, 0.3) is 5.91 Å². The molecule has 1 amide bonds. The summed E-state index contributed by atoms with van der Waals surface area (Å²) in [5.41, 5.74) is 1.23. The van der Waals surface area contributed by atoms with Gasteiger partial charge in [-0.25, -0.2) is 0 Å². The summed E-state index contributed by atoms with van der Waals surface area (Å²) in [5.74, 6) is 1.83. The first-order valence-corrected chi connectivity index (χ1v) is 9.11. The van der Waals surface area contributed by atoms with Crippen molar-refractivity contribution in [1.82, 2.24) is 0 Å². The van der Waals surface area contributed by atoms with Crippen LogP contribution in [-0.4, -0.2) is 25.7 Å². The maximum atomic E-state index is 12.5. The highest BCUT2D eigenvalue weighted by Crippen LogP contribution is 2.29. The van der Waals surface area contributed by atoms with Crippen molar-refractivity contribution in [2.75, 3.05) is 25.1 Å². The fraction of sp³-hybridized carbons (Fsp3) is 0.381. The first-order valence-electron chi connectivity index (χ1n) is 9.11. The summed E-state index contributed by atoms with van der Waals surface area (Å²) in [6, 6.07) is 12.5. The molecule has 0 spiro atoms. The number of carbonyl (C=O) groups excluding carboxylic acids is 1. The molecule has 5 nitrogen and oxygen atoms in total. The highest BCUT2D eigenvalue weighted by atomic mass is 16.5. The smallest absolute Gasteiger partial charge is 0.255 e. The van der Waals surface area contributed by atoms with Crippen LogP contribution >= 0.6 is 0 Å². The van der Waals surface area contributed by atoms with Gasteiger partial charge in [-0.2, -0.15) is 0 Å². The number of hydrogen-bond acceptors (Lipinski definition) is 4. The van der Waals surface area contributed by atoms with E-state index in [1.54, 1.807) is 18.2 Å². The number of unbranched alkanes of at least 4 members (excludes halogenated alkanes) is 1. The third-order valence-electron chi connectivity index (χ3n) is 3.68. The van der Waals surface area contributed by atoms with Crippen molar-refractivity contribution in [3.8, 4) is 17.2 Å². The standard InChI is InChI=1S/C21H27NO4/c1-4-7-14-26-19-13-8-16(15-20(19)25-6-3)21(23)22-17-9-11-18(12-10-17)24-5-2/h8-13,15H,4-7,14H2,1-3H3,(H,22,23). The molecule has 0 radical (unpaired) electrons. The zero-order valence-corrected chi connectivity index (χ0v) is 15.7. The van der Waals surface area contributed by atoms with E-state index in [0.717, 1.165) is 18.6 Å². The molecule has 0 bridgehead atoms. The van der Waals surface area contributed by atoms with Crippen LogP contribution < -0.4 is 19.5 Å². The number of hydrogen-bond donors (Lipinski definition) is 1. The topological polar surface area (TPSA) is 56.8 Å². The average molecular weight is 357 g/mol. The molecule has 5 heteroatoms. The van der Waals surface area contributed by atoms with Gasteiger partial charge in [0.2, 0.25) is 0 Å². The maximum absolute atomic E-state index is 12.5. The van der Waals surface area contributed by atoms with Gasteiger partial charge in [0.1, 0.15) is 5.75 Å². The van der Waals surface area contributed by atoms with Crippen molar-refractivity contribution in [2.24, 2.45) is 0 Å². The Morgan fingerprint density at radius 3 is 2.27 bits per heavy atom. The molecule has 0 aliphatic carbocycles. The van der Waals surface area contributed by atoms with Gasteiger partial charge in [-0.05, 0) is 62.7 Å². The lowest BCUT2D eigenvalue weighted by Crippen LogP contribution is -2.12. The highest BCUT2D eigenvalue weighted by molar-refractivity contribution is 6.04. The van der Waals surface area contributed by atoms with Crippen molar-refractivity contribution in [2.45, 2.75) is 33.6 Å². The van der Waals surface area contributed by atoms with Crippen LogP contribution in [-0.2, 0) is 0 Å². The number of carbonyl (C=O) groups is 1. The third-order valence-corrected chi connectivity index (χ3v) is 3.68. The Morgan fingerprint density at radius 1 is 0.885 bits per heavy atom. The molecule has 2 aromatic rings. The molecule has 2 aromatic carbocycles. The van der Waals surface area contributed by atoms with Gasteiger partial charge < -0.3 is 19.5 Å². The van der Waals surface area contributed by atoms with Crippen LogP contribution in [0.4, 0.5) is 5.69 Å². The second kappa shape index (κ2) is 10.3. The molecule has 140 valence electrons. The Labute approximate surface area is 155 Å².